The van der Waals surface area contributed by atoms with Crippen LogP contribution in [0.3, 0.4) is 0 Å². The summed E-state index contributed by atoms with van der Waals surface area (Å²) in [5.74, 6) is 0.825. The van der Waals surface area contributed by atoms with Gasteiger partial charge in [0, 0.05) is 37.4 Å². The van der Waals surface area contributed by atoms with Crippen LogP contribution in [0, 0.1) is 0 Å². The Morgan fingerprint density at radius 1 is 1.50 bits per heavy atom. The Hall–Kier alpha value is -0.900. The van der Waals surface area contributed by atoms with Crippen LogP contribution in [0.25, 0.3) is 0 Å². The zero-order chi connectivity index (χ0) is 12.2. The van der Waals surface area contributed by atoms with Gasteiger partial charge in [-0.2, -0.15) is 0 Å². The predicted molar refractivity (Wildman–Crippen MR) is 64.3 cm³/mol. The monoisotopic (exact) mass is 227 g/mol. The molecule has 1 rings (SSSR count). The van der Waals surface area contributed by atoms with Crippen LogP contribution in [0.5, 0.6) is 0 Å². The highest BCUT2D eigenvalue weighted by molar-refractivity contribution is 4.94. The maximum atomic E-state index is 13.7. The molecule has 1 aromatic heterocycles. The summed E-state index contributed by atoms with van der Waals surface area (Å²) in [6.07, 6.45) is 3.11. The van der Waals surface area contributed by atoms with Gasteiger partial charge in [-0.25, -0.2) is 9.37 Å². The highest BCUT2D eigenvalue weighted by Gasteiger charge is 2.15. The standard InChI is InChI=1S/C12H22FN3/c1-5-16-7-6-14-11(16)8-10(13)9-15-12(2,3)4/h6-7,10,15H,5,8-9H2,1-4H3. The Labute approximate surface area is 97.1 Å². The number of aryl methyl sites for hydroxylation is 1. The zero-order valence-electron chi connectivity index (χ0n) is 10.6. The van der Waals surface area contributed by atoms with Crippen LogP contribution >= 0.6 is 0 Å². The molecule has 0 amide bonds. The molecule has 0 aliphatic carbocycles. The number of halogens is 1. The van der Waals surface area contributed by atoms with E-state index in [1.807, 2.05) is 38.5 Å². The summed E-state index contributed by atoms with van der Waals surface area (Å²) < 4.78 is 15.7. The number of aromatic nitrogens is 2. The van der Waals surface area contributed by atoms with E-state index in [9.17, 15) is 4.39 Å². The Morgan fingerprint density at radius 3 is 2.75 bits per heavy atom. The van der Waals surface area contributed by atoms with E-state index in [-0.39, 0.29) is 5.54 Å². The average molecular weight is 227 g/mol. The molecule has 1 N–H and O–H groups in total. The molecule has 0 aromatic carbocycles. The lowest BCUT2D eigenvalue weighted by Gasteiger charge is -2.22. The molecule has 0 saturated carbocycles. The summed E-state index contributed by atoms with van der Waals surface area (Å²) >= 11 is 0. The van der Waals surface area contributed by atoms with Crippen molar-refractivity contribution in [2.45, 2.75) is 52.4 Å². The molecule has 0 saturated heterocycles. The molecule has 1 atom stereocenters. The van der Waals surface area contributed by atoms with Crippen molar-refractivity contribution in [2.75, 3.05) is 6.54 Å². The number of alkyl halides is 1. The van der Waals surface area contributed by atoms with Gasteiger partial charge in [0.1, 0.15) is 12.0 Å². The molecule has 0 aliphatic rings. The summed E-state index contributed by atoms with van der Waals surface area (Å²) in [5.41, 5.74) is -0.0372. The van der Waals surface area contributed by atoms with Gasteiger partial charge in [0.05, 0.1) is 0 Å². The van der Waals surface area contributed by atoms with E-state index in [0.717, 1.165) is 12.4 Å². The molecule has 16 heavy (non-hydrogen) atoms. The largest absolute Gasteiger partial charge is 0.335 e. The van der Waals surface area contributed by atoms with Crippen molar-refractivity contribution >= 4 is 0 Å². The third-order valence-corrected chi connectivity index (χ3v) is 2.40. The summed E-state index contributed by atoms with van der Waals surface area (Å²) in [7, 11) is 0. The molecule has 92 valence electrons. The second-order valence-corrected chi connectivity index (χ2v) is 5.06. The minimum absolute atomic E-state index is 0.0372. The summed E-state index contributed by atoms with van der Waals surface area (Å²) in [5, 5.41) is 3.16. The summed E-state index contributed by atoms with van der Waals surface area (Å²) in [6, 6.07) is 0. The third kappa shape index (κ3) is 4.31. The van der Waals surface area contributed by atoms with Crippen LogP contribution in [-0.2, 0) is 13.0 Å². The first kappa shape index (κ1) is 13.2. The molecule has 0 spiro atoms. The summed E-state index contributed by atoms with van der Waals surface area (Å²) in [6.45, 7) is 9.35. The molecule has 1 unspecified atom stereocenters. The lowest BCUT2D eigenvalue weighted by Crippen LogP contribution is -2.40. The fourth-order valence-corrected chi connectivity index (χ4v) is 1.51. The quantitative estimate of drug-likeness (QED) is 0.835. The van der Waals surface area contributed by atoms with Crippen molar-refractivity contribution in [1.29, 1.82) is 0 Å². The van der Waals surface area contributed by atoms with E-state index >= 15 is 0 Å². The van der Waals surface area contributed by atoms with E-state index in [4.69, 9.17) is 0 Å². The Kier molecular flexibility index (Phi) is 4.47. The van der Waals surface area contributed by atoms with Gasteiger partial charge >= 0.3 is 0 Å². The van der Waals surface area contributed by atoms with E-state index in [2.05, 4.69) is 10.3 Å². The topological polar surface area (TPSA) is 29.9 Å². The van der Waals surface area contributed by atoms with E-state index in [0.29, 0.717) is 13.0 Å². The molecule has 1 aromatic rings. The van der Waals surface area contributed by atoms with Gasteiger partial charge in [0.15, 0.2) is 0 Å². The Bertz CT molecular complexity index is 314. The van der Waals surface area contributed by atoms with Crippen LogP contribution in [0.15, 0.2) is 12.4 Å². The van der Waals surface area contributed by atoms with E-state index in [1.165, 1.54) is 0 Å². The second-order valence-electron chi connectivity index (χ2n) is 5.06. The zero-order valence-corrected chi connectivity index (χ0v) is 10.6. The smallest absolute Gasteiger partial charge is 0.120 e. The number of hydrogen-bond donors (Lipinski definition) is 1. The van der Waals surface area contributed by atoms with Crippen molar-refractivity contribution in [2.24, 2.45) is 0 Å². The fraction of sp³-hybridized carbons (Fsp3) is 0.750. The van der Waals surface area contributed by atoms with Gasteiger partial charge in [-0.1, -0.05) is 0 Å². The van der Waals surface area contributed by atoms with Gasteiger partial charge < -0.3 is 9.88 Å². The van der Waals surface area contributed by atoms with Crippen LogP contribution in [-0.4, -0.2) is 27.8 Å². The van der Waals surface area contributed by atoms with Crippen molar-refractivity contribution in [3.63, 3.8) is 0 Å². The van der Waals surface area contributed by atoms with Crippen molar-refractivity contribution in [3.05, 3.63) is 18.2 Å². The number of rotatable bonds is 5. The van der Waals surface area contributed by atoms with E-state index in [1.54, 1.807) is 6.20 Å². The molecule has 0 radical (unpaired) electrons. The van der Waals surface area contributed by atoms with Crippen molar-refractivity contribution in [1.82, 2.24) is 14.9 Å². The Morgan fingerprint density at radius 2 is 2.19 bits per heavy atom. The first-order valence-corrected chi connectivity index (χ1v) is 5.81. The molecule has 0 fully saturated rings. The lowest BCUT2D eigenvalue weighted by molar-refractivity contribution is 0.279. The molecule has 4 heteroatoms. The Balaban J connectivity index is 2.42. The maximum Gasteiger partial charge on any atom is 0.120 e. The van der Waals surface area contributed by atoms with Gasteiger partial charge in [-0.15, -0.1) is 0 Å². The molecule has 0 bridgehead atoms. The average Bonchev–Trinajstić information content (AvgIpc) is 2.61. The molecule has 0 aliphatic heterocycles. The van der Waals surface area contributed by atoms with Gasteiger partial charge in [0.2, 0.25) is 0 Å². The molecular weight excluding hydrogens is 205 g/mol. The number of imidazole rings is 1. The molecule has 1 heterocycles. The highest BCUT2D eigenvalue weighted by Crippen LogP contribution is 2.06. The number of hydrogen-bond acceptors (Lipinski definition) is 2. The SMILES string of the molecule is CCn1ccnc1CC(F)CNC(C)(C)C. The first-order chi connectivity index (χ1) is 7.42. The van der Waals surface area contributed by atoms with Crippen LogP contribution < -0.4 is 5.32 Å². The minimum atomic E-state index is -0.882. The van der Waals surface area contributed by atoms with Crippen molar-refractivity contribution in [3.8, 4) is 0 Å². The normalized spacial score (nSPS) is 14.1. The van der Waals surface area contributed by atoms with Crippen LogP contribution in [0.1, 0.15) is 33.5 Å². The predicted octanol–water partition coefficient (Wildman–Crippen LogP) is 2.17. The maximum absolute atomic E-state index is 13.7. The van der Waals surface area contributed by atoms with Crippen LogP contribution in [0.4, 0.5) is 4.39 Å². The van der Waals surface area contributed by atoms with Gasteiger partial charge in [-0.05, 0) is 27.7 Å². The first-order valence-electron chi connectivity index (χ1n) is 5.81. The van der Waals surface area contributed by atoms with Crippen LogP contribution in [0.2, 0.25) is 0 Å². The minimum Gasteiger partial charge on any atom is -0.335 e. The fourth-order valence-electron chi connectivity index (χ4n) is 1.51. The van der Waals surface area contributed by atoms with E-state index < -0.39 is 6.17 Å². The summed E-state index contributed by atoms with van der Waals surface area (Å²) in [4.78, 5) is 4.17. The molecular formula is C12H22FN3. The van der Waals surface area contributed by atoms with Gasteiger partial charge in [0.25, 0.3) is 0 Å². The van der Waals surface area contributed by atoms with Crippen molar-refractivity contribution < 1.29 is 4.39 Å². The third-order valence-electron chi connectivity index (χ3n) is 2.40. The highest BCUT2D eigenvalue weighted by atomic mass is 19.1. The second kappa shape index (κ2) is 5.43. The number of nitrogens with one attached hydrogen (secondary N) is 1. The lowest BCUT2D eigenvalue weighted by atomic mass is 10.1. The molecule has 3 nitrogen and oxygen atoms in total. The van der Waals surface area contributed by atoms with Gasteiger partial charge in [-0.3, -0.25) is 0 Å². The number of nitrogens with zero attached hydrogens (tertiary/aromatic N) is 2.